The highest BCUT2D eigenvalue weighted by atomic mass is 16.1. The zero-order valence-corrected chi connectivity index (χ0v) is 8.96. The first-order valence-electron chi connectivity index (χ1n) is 5.48. The number of piperidine rings is 1. The van der Waals surface area contributed by atoms with E-state index in [0.29, 0.717) is 6.54 Å². The van der Waals surface area contributed by atoms with Crippen molar-refractivity contribution in [2.45, 2.75) is 19.8 Å². The van der Waals surface area contributed by atoms with Gasteiger partial charge in [0.25, 0.3) is 0 Å². The lowest BCUT2D eigenvalue weighted by Gasteiger charge is -2.30. The van der Waals surface area contributed by atoms with Crippen LogP contribution in [0.3, 0.4) is 0 Å². The Morgan fingerprint density at radius 2 is 2.14 bits per heavy atom. The molecule has 0 saturated carbocycles. The summed E-state index contributed by atoms with van der Waals surface area (Å²) in [5, 5.41) is 2.88. The van der Waals surface area contributed by atoms with Gasteiger partial charge in [0.05, 0.1) is 0 Å². The topological polar surface area (TPSA) is 58.4 Å². The molecule has 82 valence electrons. The Kier molecular flexibility index (Phi) is 4.90. The number of carbonyl (C=O) groups excluding carboxylic acids is 1. The average molecular weight is 199 g/mol. The summed E-state index contributed by atoms with van der Waals surface area (Å²) in [6.45, 7) is 6.40. The summed E-state index contributed by atoms with van der Waals surface area (Å²) in [6, 6.07) is 0. The molecule has 0 unspecified atom stereocenters. The molecular formula is C10H21N3O. The summed E-state index contributed by atoms with van der Waals surface area (Å²) in [6.07, 6.45) is 1.96. The first kappa shape index (κ1) is 11.5. The molecule has 1 aliphatic heterocycles. The predicted octanol–water partition coefficient (Wildman–Crippen LogP) is -0.207. The Labute approximate surface area is 85.8 Å². The van der Waals surface area contributed by atoms with Crippen LogP contribution in [-0.2, 0) is 4.79 Å². The van der Waals surface area contributed by atoms with Crippen LogP contribution in [-0.4, -0.2) is 43.5 Å². The molecule has 1 saturated heterocycles. The van der Waals surface area contributed by atoms with E-state index < -0.39 is 0 Å². The molecule has 1 aliphatic rings. The SMILES string of the molecule is CCNC(=O)C1CCN(CCN)CC1. The zero-order chi connectivity index (χ0) is 10.4. The second kappa shape index (κ2) is 5.98. The van der Waals surface area contributed by atoms with Crippen molar-refractivity contribution in [2.24, 2.45) is 11.7 Å². The van der Waals surface area contributed by atoms with Crippen molar-refractivity contribution in [3.05, 3.63) is 0 Å². The van der Waals surface area contributed by atoms with E-state index in [1.54, 1.807) is 0 Å². The van der Waals surface area contributed by atoms with Crippen molar-refractivity contribution in [1.82, 2.24) is 10.2 Å². The van der Waals surface area contributed by atoms with Gasteiger partial charge in [0.2, 0.25) is 5.91 Å². The van der Waals surface area contributed by atoms with Crippen LogP contribution >= 0.6 is 0 Å². The molecule has 14 heavy (non-hydrogen) atoms. The van der Waals surface area contributed by atoms with E-state index in [2.05, 4.69) is 10.2 Å². The molecule has 1 fully saturated rings. The molecule has 4 heteroatoms. The summed E-state index contributed by atoms with van der Waals surface area (Å²) < 4.78 is 0. The second-order valence-electron chi connectivity index (χ2n) is 3.80. The molecule has 1 amide bonds. The third-order valence-electron chi connectivity index (χ3n) is 2.75. The normalized spacial score (nSPS) is 19.6. The molecule has 1 heterocycles. The maximum absolute atomic E-state index is 11.5. The van der Waals surface area contributed by atoms with Gasteiger partial charge in [0.15, 0.2) is 0 Å². The smallest absolute Gasteiger partial charge is 0.223 e. The number of hydrogen-bond acceptors (Lipinski definition) is 3. The monoisotopic (exact) mass is 199 g/mol. The van der Waals surface area contributed by atoms with Crippen molar-refractivity contribution < 1.29 is 4.79 Å². The number of carbonyl (C=O) groups is 1. The van der Waals surface area contributed by atoms with Crippen LogP contribution in [0.15, 0.2) is 0 Å². The Morgan fingerprint density at radius 3 is 2.64 bits per heavy atom. The largest absolute Gasteiger partial charge is 0.356 e. The van der Waals surface area contributed by atoms with Crippen LogP contribution in [0.1, 0.15) is 19.8 Å². The molecule has 4 nitrogen and oxygen atoms in total. The molecule has 0 bridgehead atoms. The van der Waals surface area contributed by atoms with Gasteiger partial charge in [0.1, 0.15) is 0 Å². The van der Waals surface area contributed by atoms with E-state index in [-0.39, 0.29) is 11.8 Å². The zero-order valence-electron chi connectivity index (χ0n) is 8.96. The van der Waals surface area contributed by atoms with Gasteiger partial charge in [-0.05, 0) is 32.9 Å². The highest BCUT2D eigenvalue weighted by molar-refractivity contribution is 5.78. The number of likely N-dealkylation sites (tertiary alicyclic amines) is 1. The first-order valence-corrected chi connectivity index (χ1v) is 5.48. The van der Waals surface area contributed by atoms with Gasteiger partial charge in [-0.1, -0.05) is 0 Å². The fourth-order valence-corrected chi connectivity index (χ4v) is 1.92. The molecule has 0 aromatic carbocycles. The lowest BCUT2D eigenvalue weighted by atomic mass is 9.96. The van der Waals surface area contributed by atoms with E-state index in [1.165, 1.54) is 0 Å². The van der Waals surface area contributed by atoms with Crippen LogP contribution in [0.25, 0.3) is 0 Å². The van der Waals surface area contributed by atoms with Gasteiger partial charge in [-0.3, -0.25) is 4.79 Å². The van der Waals surface area contributed by atoms with E-state index in [1.807, 2.05) is 6.92 Å². The van der Waals surface area contributed by atoms with E-state index in [9.17, 15) is 4.79 Å². The number of amides is 1. The summed E-state index contributed by atoms with van der Waals surface area (Å²) in [5.74, 6) is 0.448. The highest BCUT2D eigenvalue weighted by Crippen LogP contribution is 2.16. The number of nitrogens with two attached hydrogens (primary N) is 1. The molecule has 0 spiro atoms. The quantitative estimate of drug-likeness (QED) is 0.659. The van der Waals surface area contributed by atoms with Crippen molar-refractivity contribution in [1.29, 1.82) is 0 Å². The molecule has 0 aliphatic carbocycles. The van der Waals surface area contributed by atoms with Crippen molar-refractivity contribution in [3.63, 3.8) is 0 Å². The first-order chi connectivity index (χ1) is 6.77. The molecule has 0 aromatic rings. The van der Waals surface area contributed by atoms with Crippen LogP contribution in [0.5, 0.6) is 0 Å². The number of nitrogens with zero attached hydrogens (tertiary/aromatic N) is 1. The van der Waals surface area contributed by atoms with Gasteiger partial charge in [0, 0.05) is 25.6 Å². The van der Waals surface area contributed by atoms with Gasteiger partial charge < -0.3 is 16.0 Å². The van der Waals surface area contributed by atoms with Gasteiger partial charge >= 0.3 is 0 Å². The van der Waals surface area contributed by atoms with E-state index >= 15 is 0 Å². The number of nitrogens with one attached hydrogen (secondary N) is 1. The molecule has 0 atom stereocenters. The Morgan fingerprint density at radius 1 is 1.50 bits per heavy atom. The summed E-state index contributed by atoms with van der Waals surface area (Å²) in [4.78, 5) is 13.8. The summed E-state index contributed by atoms with van der Waals surface area (Å²) >= 11 is 0. The van der Waals surface area contributed by atoms with Gasteiger partial charge in [-0.25, -0.2) is 0 Å². The fraction of sp³-hybridized carbons (Fsp3) is 0.900. The lowest BCUT2D eigenvalue weighted by molar-refractivity contribution is -0.126. The minimum atomic E-state index is 0.222. The van der Waals surface area contributed by atoms with Crippen LogP contribution < -0.4 is 11.1 Å². The van der Waals surface area contributed by atoms with E-state index in [0.717, 1.165) is 39.0 Å². The summed E-state index contributed by atoms with van der Waals surface area (Å²) in [7, 11) is 0. The van der Waals surface area contributed by atoms with E-state index in [4.69, 9.17) is 5.73 Å². The number of hydrogen-bond donors (Lipinski definition) is 2. The van der Waals surface area contributed by atoms with Crippen molar-refractivity contribution >= 4 is 5.91 Å². The Bertz CT molecular complexity index is 176. The maximum Gasteiger partial charge on any atom is 0.223 e. The number of rotatable bonds is 4. The van der Waals surface area contributed by atoms with Crippen molar-refractivity contribution in [3.8, 4) is 0 Å². The third-order valence-corrected chi connectivity index (χ3v) is 2.75. The molecule has 0 radical (unpaired) electrons. The molecule has 0 aromatic heterocycles. The molecule has 1 rings (SSSR count). The highest BCUT2D eigenvalue weighted by Gasteiger charge is 2.23. The Balaban J connectivity index is 2.24. The maximum atomic E-state index is 11.5. The van der Waals surface area contributed by atoms with Crippen LogP contribution in [0.2, 0.25) is 0 Å². The average Bonchev–Trinajstić information content (AvgIpc) is 2.20. The fourth-order valence-electron chi connectivity index (χ4n) is 1.92. The summed E-state index contributed by atoms with van der Waals surface area (Å²) in [5.41, 5.74) is 5.48. The second-order valence-corrected chi connectivity index (χ2v) is 3.80. The standard InChI is InChI=1S/C10H21N3O/c1-2-12-10(14)9-3-6-13(7-4-9)8-5-11/h9H,2-8,11H2,1H3,(H,12,14). The van der Waals surface area contributed by atoms with Crippen LogP contribution in [0.4, 0.5) is 0 Å². The molecule has 3 N–H and O–H groups in total. The van der Waals surface area contributed by atoms with Gasteiger partial charge in [-0.2, -0.15) is 0 Å². The lowest BCUT2D eigenvalue weighted by Crippen LogP contribution is -2.42. The van der Waals surface area contributed by atoms with Crippen LogP contribution in [0, 0.1) is 5.92 Å². The minimum Gasteiger partial charge on any atom is -0.356 e. The molecular weight excluding hydrogens is 178 g/mol. The van der Waals surface area contributed by atoms with Crippen molar-refractivity contribution in [2.75, 3.05) is 32.7 Å². The Hall–Kier alpha value is -0.610. The predicted molar refractivity (Wildman–Crippen MR) is 56.9 cm³/mol. The minimum absolute atomic E-state index is 0.222. The van der Waals surface area contributed by atoms with Gasteiger partial charge in [-0.15, -0.1) is 0 Å². The third kappa shape index (κ3) is 3.27.